The van der Waals surface area contributed by atoms with Gasteiger partial charge in [-0.05, 0) is 49.7 Å². The fourth-order valence-corrected chi connectivity index (χ4v) is 2.92. The summed E-state index contributed by atoms with van der Waals surface area (Å²) in [5.74, 6) is -0.0456. The lowest BCUT2D eigenvalue weighted by Gasteiger charge is -2.06. The SMILES string of the molecule is CCNc1ccc(C(=O)NCCc2ccc(Cl)s2)cc1. The lowest BCUT2D eigenvalue weighted by atomic mass is 10.2. The topological polar surface area (TPSA) is 41.1 Å². The molecule has 2 N–H and O–H groups in total. The Balaban J connectivity index is 1.82. The van der Waals surface area contributed by atoms with Crippen LogP contribution in [0, 0.1) is 0 Å². The number of anilines is 1. The third-order valence-corrected chi connectivity index (χ3v) is 4.10. The van der Waals surface area contributed by atoms with Crippen LogP contribution in [0.4, 0.5) is 5.69 Å². The third kappa shape index (κ3) is 4.25. The Hall–Kier alpha value is -1.52. The normalized spacial score (nSPS) is 10.3. The first-order chi connectivity index (χ1) is 9.69. The predicted molar refractivity (Wildman–Crippen MR) is 86.0 cm³/mol. The number of carbonyl (C=O) groups is 1. The zero-order valence-electron chi connectivity index (χ0n) is 11.3. The number of benzene rings is 1. The number of hydrogen-bond donors (Lipinski definition) is 2. The summed E-state index contributed by atoms with van der Waals surface area (Å²) in [5.41, 5.74) is 1.70. The molecule has 0 saturated carbocycles. The van der Waals surface area contributed by atoms with Crippen molar-refractivity contribution in [3.63, 3.8) is 0 Å². The van der Waals surface area contributed by atoms with Gasteiger partial charge in [0.1, 0.15) is 0 Å². The Kier molecular flexibility index (Phi) is 5.44. The summed E-state index contributed by atoms with van der Waals surface area (Å²) in [6, 6.07) is 11.4. The van der Waals surface area contributed by atoms with Gasteiger partial charge >= 0.3 is 0 Å². The third-order valence-electron chi connectivity index (χ3n) is 2.81. The van der Waals surface area contributed by atoms with Gasteiger partial charge in [-0.1, -0.05) is 11.6 Å². The standard InChI is InChI=1S/C15H17ClN2OS/c1-2-17-12-5-3-11(4-6-12)15(19)18-10-9-13-7-8-14(16)20-13/h3-8,17H,2,9-10H2,1H3,(H,18,19). The minimum absolute atomic E-state index is 0.0456. The number of carbonyl (C=O) groups excluding carboxylic acids is 1. The van der Waals surface area contributed by atoms with E-state index in [1.165, 1.54) is 4.88 Å². The van der Waals surface area contributed by atoms with Gasteiger partial charge in [0, 0.05) is 29.2 Å². The highest BCUT2D eigenvalue weighted by atomic mass is 35.5. The Morgan fingerprint density at radius 2 is 1.95 bits per heavy atom. The first kappa shape index (κ1) is 14.9. The van der Waals surface area contributed by atoms with Gasteiger partial charge in [0.15, 0.2) is 0 Å². The summed E-state index contributed by atoms with van der Waals surface area (Å²) in [6.45, 7) is 3.52. The molecule has 0 radical (unpaired) electrons. The second kappa shape index (κ2) is 7.31. The van der Waals surface area contributed by atoms with Gasteiger partial charge in [-0.25, -0.2) is 0 Å². The van der Waals surface area contributed by atoms with Gasteiger partial charge in [0.05, 0.1) is 4.34 Å². The van der Waals surface area contributed by atoms with Crippen molar-refractivity contribution in [3.05, 3.63) is 51.2 Å². The van der Waals surface area contributed by atoms with E-state index < -0.39 is 0 Å². The van der Waals surface area contributed by atoms with Crippen molar-refractivity contribution >= 4 is 34.5 Å². The van der Waals surface area contributed by atoms with E-state index >= 15 is 0 Å². The summed E-state index contributed by atoms with van der Waals surface area (Å²) < 4.78 is 0.783. The Morgan fingerprint density at radius 1 is 1.20 bits per heavy atom. The molecule has 0 aliphatic heterocycles. The van der Waals surface area contributed by atoms with Crippen LogP contribution in [0.2, 0.25) is 4.34 Å². The molecule has 2 aromatic rings. The van der Waals surface area contributed by atoms with Crippen LogP contribution in [0.25, 0.3) is 0 Å². The van der Waals surface area contributed by atoms with E-state index in [1.807, 2.05) is 43.3 Å². The molecule has 1 aromatic carbocycles. The molecule has 0 atom stereocenters. The summed E-state index contributed by atoms with van der Waals surface area (Å²) >= 11 is 7.41. The Bertz CT molecular complexity index is 566. The van der Waals surface area contributed by atoms with Crippen LogP contribution in [0.5, 0.6) is 0 Å². The average Bonchev–Trinajstić information content (AvgIpc) is 2.85. The van der Waals surface area contributed by atoms with Crippen LogP contribution < -0.4 is 10.6 Å². The first-order valence-corrected chi connectivity index (χ1v) is 7.75. The van der Waals surface area contributed by atoms with E-state index in [2.05, 4.69) is 10.6 Å². The molecule has 0 unspecified atom stereocenters. The molecule has 1 aromatic heterocycles. The highest BCUT2D eigenvalue weighted by Crippen LogP contribution is 2.21. The maximum Gasteiger partial charge on any atom is 0.251 e. The second-order valence-corrected chi connectivity index (χ2v) is 6.12. The van der Waals surface area contributed by atoms with Crippen molar-refractivity contribution in [2.75, 3.05) is 18.4 Å². The molecule has 3 nitrogen and oxygen atoms in total. The van der Waals surface area contributed by atoms with E-state index in [-0.39, 0.29) is 5.91 Å². The minimum atomic E-state index is -0.0456. The van der Waals surface area contributed by atoms with Gasteiger partial charge < -0.3 is 10.6 Å². The molecule has 0 bridgehead atoms. The monoisotopic (exact) mass is 308 g/mol. The van der Waals surface area contributed by atoms with Gasteiger partial charge in [-0.3, -0.25) is 4.79 Å². The molecule has 106 valence electrons. The van der Waals surface area contributed by atoms with Gasteiger partial charge in [-0.15, -0.1) is 11.3 Å². The second-order valence-electron chi connectivity index (χ2n) is 4.32. The zero-order chi connectivity index (χ0) is 14.4. The molecule has 0 spiro atoms. The predicted octanol–water partition coefficient (Wildman–Crippen LogP) is 3.81. The van der Waals surface area contributed by atoms with Crippen molar-refractivity contribution in [2.45, 2.75) is 13.3 Å². The minimum Gasteiger partial charge on any atom is -0.385 e. The molecule has 1 heterocycles. The number of rotatable bonds is 6. The average molecular weight is 309 g/mol. The van der Waals surface area contributed by atoms with Crippen LogP contribution in [-0.2, 0) is 6.42 Å². The van der Waals surface area contributed by atoms with E-state index in [0.717, 1.165) is 23.0 Å². The molecule has 0 aliphatic carbocycles. The molecule has 0 saturated heterocycles. The van der Waals surface area contributed by atoms with E-state index in [0.29, 0.717) is 12.1 Å². The molecule has 0 aliphatic rings. The first-order valence-electron chi connectivity index (χ1n) is 6.55. The molecular weight excluding hydrogens is 292 g/mol. The molecule has 20 heavy (non-hydrogen) atoms. The summed E-state index contributed by atoms with van der Waals surface area (Å²) in [6.07, 6.45) is 0.804. The van der Waals surface area contributed by atoms with E-state index in [4.69, 9.17) is 11.6 Å². The van der Waals surface area contributed by atoms with E-state index in [1.54, 1.807) is 11.3 Å². The summed E-state index contributed by atoms with van der Waals surface area (Å²) in [5, 5.41) is 6.11. The van der Waals surface area contributed by atoms with Crippen molar-refractivity contribution in [3.8, 4) is 0 Å². The van der Waals surface area contributed by atoms with Crippen molar-refractivity contribution in [1.82, 2.24) is 5.32 Å². The Morgan fingerprint density at radius 3 is 2.55 bits per heavy atom. The van der Waals surface area contributed by atoms with Crippen molar-refractivity contribution < 1.29 is 4.79 Å². The Labute approximate surface area is 128 Å². The lowest BCUT2D eigenvalue weighted by Crippen LogP contribution is -2.25. The maximum atomic E-state index is 12.0. The summed E-state index contributed by atoms with van der Waals surface area (Å²) in [4.78, 5) is 13.1. The molecule has 2 rings (SSSR count). The van der Waals surface area contributed by atoms with Crippen LogP contribution in [0.1, 0.15) is 22.2 Å². The summed E-state index contributed by atoms with van der Waals surface area (Å²) in [7, 11) is 0. The number of amides is 1. The largest absolute Gasteiger partial charge is 0.385 e. The fourth-order valence-electron chi connectivity index (χ4n) is 1.83. The van der Waals surface area contributed by atoms with Crippen LogP contribution in [-0.4, -0.2) is 19.0 Å². The molecule has 0 fully saturated rings. The zero-order valence-corrected chi connectivity index (χ0v) is 12.9. The highest BCUT2D eigenvalue weighted by molar-refractivity contribution is 7.16. The number of halogens is 1. The van der Waals surface area contributed by atoms with Crippen molar-refractivity contribution in [1.29, 1.82) is 0 Å². The number of thiophene rings is 1. The smallest absolute Gasteiger partial charge is 0.251 e. The fraction of sp³-hybridized carbons (Fsp3) is 0.267. The van der Waals surface area contributed by atoms with Crippen LogP contribution >= 0.6 is 22.9 Å². The van der Waals surface area contributed by atoms with Gasteiger partial charge in [0.25, 0.3) is 5.91 Å². The van der Waals surface area contributed by atoms with E-state index in [9.17, 15) is 4.79 Å². The van der Waals surface area contributed by atoms with Crippen LogP contribution in [0.3, 0.4) is 0 Å². The highest BCUT2D eigenvalue weighted by Gasteiger charge is 2.05. The number of nitrogens with one attached hydrogen (secondary N) is 2. The molecular formula is C15H17ClN2OS. The lowest BCUT2D eigenvalue weighted by molar-refractivity contribution is 0.0954. The van der Waals surface area contributed by atoms with Gasteiger partial charge in [0.2, 0.25) is 0 Å². The number of hydrogen-bond acceptors (Lipinski definition) is 3. The maximum absolute atomic E-state index is 12.0. The van der Waals surface area contributed by atoms with Crippen molar-refractivity contribution in [2.24, 2.45) is 0 Å². The van der Waals surface area contributed by atoms with Crippen LogP contribution in [0.15, 0.2) is 36.4 Å². The van der Waals surface area contributed by atoms with Gasteiger partial charge in [-0.2, -0.15) is 0 Å². The molecule has 5 heteroatoms. The molecule has 1 amide bonds. The quantitative estimate of drug-likeness (QED) is 0.852.